The number of ketones is 1. The summed E-state index contributed by atoms with van der Waals surface area (Å²) >= 11 is 1.25. The standard InChI is InChI=1S/C29H29FN6O4S.C6H10O2/c1-19(10-12-31-18-37)35-26(38)25-20(2)27(36-32-13-14-33-36)41-28(25)34(29(35)39)15-11-22-16-23(30)8-9-24(22)40-17-21-6-4-3-5-7-21;7-5-1-2-6(8)4-3-5/h3-9,13-14,16,18-19H,10-12,15,17H2,1-2H3,(H,31,37);5,7H,1-4H2. The summed E-state index contributed by atoms with van der Waals surface area (Å²) in [4.78, 5) is 50.8. The molecule has 0 radical (unpaired) electrons. The van der Waals surface area contributed by atoms with Crippen LogP contribution in [0, 0.1) is 12.7 Å². The van der Waals surface area contributed by atoms with Gasteiger partial charge in [-0.05, 0) is 68.9 Å². The maximum Gasteiger partial charge on any atom is 0.332 e. The minimum Gasteiger partial charge on any atom is -0.489 e. The van der Waals surface area contributed by atoms with Crippen LogP contribution in [-0.4, -0.2) is 54.1 Å². The van der Waals surface area contributed by atoms with Crippen molar-refractivity contribution in [3.63, 3.8) is 0 Å². The summed E-state index contributed by atoms with van der Waals surface area (Å²) < 4.78 is 23.1. The summed E-state index contributed by atoms with van der Waals surface area (Å²) in [6.45, 7) is 4.37. The van der Waals surface area contributed by atoms with Crippen molar-refractivity contribution in [2.24, 2.45) is 0 Å². The SMILES string of the molecule is Cc1c(-n2nccn2)sc2c1c(=O)n(C(C)CCNC=O)c(=O)n2CCc1cc(F)ccc1OCc1ccccc1.O=C1CCC(O)CC1. The fraction of sp³-hybridized carbons (Fsp3) is 0.371. The molecule has 14 heteroatoms. The predicted molar refractivity (Wildman–Crippen MR) is 184 cm³/mol. The number of aryl methyl sites for hydroxylation is 3. The molecule has 2 aromatic carbocycles. The number of hydrogen-bond acceptors (Lipinski definition) is 9. The average Bonchev–Trinajstić information content (AvgIpc) is 3.75. The van der Waals surface area contributed by atoms with Crippen molar-refractivity contribution in [1.82, 2.24) is 29.4 Å². The van der Waals surface area contributed by atoms with Gasteiger partial charge in [0.1, 0.15) is 33.8 Å². The van der Waals surface area contributed by atoms with Gasteiger partial charge in [-0.25, -0.2) is 9.18 Å². The lowest BCUT2D eigenvalue weighted by atomic mass is 9.97. The summed E-state index contributed by atoms with van der Waals surface area (Å²) in [5.41, 5.74) is 1.34. The zero-order valence-electron chi connectivity index (χ0n) is 27.4. The molecule has 2 N–H and O–H groups in total. The van der Waals surface area contributed by atoms with Crippen LogP contribution >= 0.6 is 11.3 Å². The molecule has 1 aliphatic carbocycles. The van der Waals surface area contributed by atoms with Gasteiger partial charge >= 0.3 is 5.69 Å². The van der Waals surface area contributed by atoms with Gasteiger partial charge in [-0.2, -0.15) is 10.2 Å². The van der Waals surface area contributed by atoms with Gasteiger partial charge in [-0.3, -0.25) is 23.5 Å². The third-order valence-electron chi connectivity index (χ3n) is 8.43. The molecule has 3 aromatic heterocycles. The molecule has 0 aliphatic heterocycles. The van der Waals surface area contributed by atoms with E-state index in [-0.39, 0.29) is 19.1 Å². The Morgan fingerprint density at radius 1 is 1.10 bits per heavy atom. The largest absolute Gasteiger partial charge is 0.489 e. The first-order valence-corrected chi connectivity index (χ1v) is 17.0. The second kappa shape index (κ2) is 16.4. The predicted octanol–water partition coefficient (Wildman–Crippen LogP) is 4.26. The molecular weight excluding hydrogens is 651 g/mol. The normalized spacial score (nSPS) is 13.9. The first-order chi connectivity index (χ1) is 23.7. The molecule has 1 amide bonds. The van der Waals surface area contributed by atoms with Gasteiger partial charge in [0.2, 0.25) is 6.41 Å². The Morgan fingerprint density at radius 3 is 2.49 bits per heavy atom. The number of nitrogens with one attached hydrogen (secondary N) is 1. The number of rotatable bonds is 12. The van der Waals surface area contributed by atoms with Gasteiger partial charge < -0.3 is 15.2 Å². The molecule has 1 fully saturated rings. The number of ether oxygens (including phenoxy) is 1. The molecular formula is C35H39FN6O6S. The van der Waals surface area contributed by atoms with Gasteiger partial charge in [-0.15, -0.1) is 4.80 Å². The quantitative estimate of drug-likeness (QED) is 0.146. The minimum atomic E-state index is -0.484. The van der Waals surface area contributed by atoms with Crippen LogP contribution in [0.1, 0.15) is 61.8 Å². The molecule has 0 saturated heterocycles. The van der Waals surface area contributed by atoms with E-state index in [2.05, 4.69) is 15.5 Å². The lowest BCUT2D eigenvalue weighted by molar-refractivity contribution is -0.122. The van der Waals surface area contributed by atoms with Crippen molar-refractivity contribution < 1.29 is 23.8 Å². The number of benzene rings is 2. The molecule has 1 aliphatic rings. The Balaban J connectivity index is 0.000000514. The van der Waals surface area contributed by atoms with Crippen LogP contribution in [-0.2, 0) is 29.2 Å². The van der Waals surface area contributed by atoms with Crippen molar-refractivity contribution in [3.05, 3.63) is 104 Å². The third kappa shape index (κ3) is 8.56. The van der Waals surface area contributed by atoms with Crippen LogP contribution in [0.25, 0.3) is 15.2 Å². The molecule has 12 nitrogen and oxygen atoms in total. The lowest BCUT2D eigenvalue weighted by Gasteiger charge is -2.18. The number of halogens is 1. The number of aliphatic hydroxyl groups excluding tert-OH is 1. The van der Waals surface area contributed by atoms with E-state index in [1.165, 1.54) is 45.2 Å². The lowest BCUT2D eigenvalue weighted by Crippen LogP contribution is -2.42. The molecule has 0 spiro atoms. The number of thiophene rings is 1. The van der Waals surface area contributed by atoms with Crippen molar-refractivity contribution in [3.8, 4) is 10.8 Å². The number of carbonyl (C=O) groups is 2. The van der Waals surface area contributed by atoms with E-state index in [1.54, 1.807) is 24.5 Å². The molecule has 6 rings (SSSR count). The number of Topliss-reactive ketones (excluding diaryl/α,β-unsaturated/α-hetero) is 1. The number of aliphatic hydroxyl groups is 1. The first kappa shape index (κ1) is 35.4. The Bertz CT molecular complexity index is 2000. The molecule has 1 unspecified atom stereocenters. The molecule has 49 heavy (non-hydrogen) atoms. The zero-order chi connectivity index (χ0) is 34.9. The van der Waals surface area contributed by atoms with E-state index < -0.39 is 23.1 Å². The highest BCUT2D eigenvalue weighted by Gasteiger charge is 2.24. The van der Waals surface area contributed by atoms with E-state index >= 15 is 0 Å². The van der Waals surface area contributed by atoms with E-state index in [0.29, 0.717) is 89.5 Å². The fourth-order valence-corrected chi connectivity index (χ4v) is 6.94. The zero-order valence-corrected chi connectivity index (χ0v) is 28.2. The number of amides is 1. The topological polar surface area (TPSA) is 150 Å². The number of carbonyl (C=O) groups excluding carboxylic acids is 2. The number of aromatic nitrogens is 5. The van der Waals surface area contributed by atoms with Crippen molar-refractivity contribution in [2.75, 3.05) is 6.54 Å². The monoisotopic (exact) mass is 690 g/mol. The van der Waals surface area contributed by atoms with Gasteiger partial charge in [0, 0.05) is 37.5 Å². The highest BCUT2D eigenvalue weighted by molar-refractivity contribution is 7.21. The van der Waals surface area contributed by atoms with E-state index in [1.807, 2.05) is 30.3 Å². The summed E-state index contributed by atoms with van der Waals surface area (Å²) in [5.74, 6) is 0.407. The highest BCUT2D eigenvalue weighted by atomic mass is 32.1. The van der Waals surface area contributed by atoms with Crippen LogP contribution in [0.2, 0.25) is 0 Å². The minimum absolute atomic E-state index is 0.173. The van der Waals surface area contributed by atoms with Crippen molar-refractivity contribution in [2.45, 2.75) is 77.7 Å². The van der Waals surface area contributed by atoms with Crippen LogP contribution in [0.5, 0.6) is 5.75 Å². The molecule has 3 heterocycles. The number of nitrogens with zero attached hydrogens (tertiary/aromatic N) is 5. The summed E-state index contributed by atoms with van der Waals surface area (Å²) in [6.07, 6.45) is 6.66. The summed E-state index contributed by atoms with van der Waals surface area (Å²) in [7, 11) is 0. The maximum atomic E-state index is 14.3. The van der Waals surface area contributed by atoms with Crippen LogP contribution < -0.4 is 21.3 Å². The Morgan fingerprint density at radius 2 is 1.82 bits per heavy atom. The smallest absolute Gasteiger partial charge is 0.332 e. The summed E-state index contributed by atoms with van der Waals surface area (Å²) in [5, 5.41) is 20.9. The average molecular weight is 691 g/mol. The molecule has 0 bridgehead atoms. The second-order valence-electron chi connectivity index (χ2n) is 11.9. The van der Waals surface area contributed by atoms with E-state index in [0.717, 1.165) is 5.56 Å². The fourth-order valence-electron chi connectivity index (χ4n) is 5.71. The van der Waals surface area contributed by atoms with Crippen molar-refractivity contribution in [1.29, 1.82) is 0 Å². The Kier molecular flexibility index (Phi) is 11.9. The van der Waals surface area contributed by atoms with Gasteiger partial charge in [-0.1, -0.05) is 41.7 Å². The van der Waals surface area contributed by atoms with Gasteiger partial charge in [0.15, 0.2) is 0 Å². The summed E-state index contributed by atoms with van der Waals surface area (Å²) in [6, 6.07) is 13.5. The maximum absolute atomic E-state index is 14.3. The van der Waals surface area contributed by atoms with E-state index in [4.69, 9.17) is 9.84 Å². The Labute approximate surface area is 285 Å². The second-order valence-corrected chi connectivity index (χ2v) is 12.9. The third-order valence-corrected chi connectivity index (χ3v) is 9.71. The van der Waals surface area contributed by atoms with Gasteiger partial charge in [0.05, 0.1) is 23.9 Å². The van der Waals surface area contributed by atoms with Gasteiger partial charge in [0.25, 0.3) is 5.56 Å². The molecule has 1 atom stereocenters. The van der Waals surface area contributed by atoms with Crippen molar-refractivity contribution >= 4 is 33.7 Å². The van der Waals surface area contributed by atoms with Crippen LogP contribution in [0.3, 0.4) is 0 Å². The number of hydrogen-bond donors (Lipinski definition) is 2. The van der Waals surface area contributed by atoms with E-state index in [9.17, 15) is 23.6 Å². The van der Waals surface area contributed by atoms with Crippen LogP contribution in [0.15, 0.2) is 70.5 Å². The number of fused-ring (bicyclic) bond motifs is 1. The molecule has 5 aromatic rings. The molecule has 258 valence electrons. The van der Waals surface area contributed by atoms with Crippen LogP contribution in [0.4, 0.5) is 4.39 Å². The highest BCUT2D eigenvalue weighted by Crippen LogP contribution is 2.31. The Hall–Kier alpha value is -4.95. The first-order valence-electron chi connectivity index (χ1n) is 16.1. The molecule has 1 saturated carbocycles.